The Balaban J connectivity index is 2.66. The average Bonchev–Trinajstić information content (AvgIpc) is 1.79. The molecule has 1 rings (SSSR count). The zero-order valence-electron chi connectivity index (χ0n) is 6.32. The van der Waals surface area contributed by atoms with E-state index in [-0.39, 0.29) is 11.4 Å². The molecule has 0 radical (unpaired) electrons. The van der Waals surface area contributed by atoms with Crippen LogP contribution in [-0.4, -0.2) is 18.0 Å². The van der Waals surface area contributed by atoms with Crippen molar-refractivity contribution in [1.82, 2.24) is 10.6 Å². The predicted molar refractivity (Wildman–Crippen MR) is 39.4 cm³/mol. The third-order valence-electron chi connectivity index (χ3n) is 1.45. The molecule has 1 fully saturated rings. The van der Waals surface area contributed by atoms with Crippen molar-refractivity contribution in [3.8, 4) is 0 Å². The van der Waals surface area contributed by atoms with Crippen molar-refractivity contribution >= 4 is 5.91 Å². The summed E-state index contributed by atoms with van der Waals surface area (Å²) in [7, 11) is 0. The van der Waals surface area contributed by atoms with Crippen molar-refractivity contribution in [3.63, 3.8) is 0 Å². The van der Waals surface area contributed by atoms with Gasteiger partial charge in [-0.3, -0.25) is 4.79 Å². The quantitative estimate of drug-likeness (QED) is 0.465. The third-order valence-corrected chi connectivity index (χ3v) is 1.45. The molecule has 10 heavy (non-hydrogen) atoms. The minimum absolute atomic E-state index is 0.0506. The number of hydrogen-bond donors (Lipinski definition) is 2. The van der Waals surface area contributed by atoms with Crippen LogP contribution < -0.4 is 10.6 Å². The number of piperazine rings is 1. The molecule has 1 aliphatic heterocycles. The summed E-state index contributed by atoms with van der Waals surface area (Å²) >= 11 is 0. The molecule has 0 aromatic rings. The second kappa shape index (κ2) is 2.01. The van der Waals surface area contributed by atoms with Crippen molar-refractivity contribution in [2.24, 2.45) is 0 Å². The maximum atomic E-state index is 10.8. The maximum Gasteiger partial charge on any atom is 0.266 e. The van der Waals surface area contributed by atoms with Gasteiger partial charge < -0.3 is 10.6 Å². The topological polar surface area (TPSA) is 41.1 Å². The second-order valence-electron chi connectivity index (χ2n) is 3.17. The van der Waals surface area contributed by atoms with Gasteiger partial charge in [0.25, 0.3) is 5.91 Å². The standard InChI is InChI=1S/C7H12N2O/c1-5-6(10)8-4-7(2,3)9-5/h9H,1,4H2,2-3H3,(H,8,10). The summed E-state index contributed by atoms with van der Waals surface area (Å²) in [5.74, 6) is -0.0978. The van der Waals surface area contributed by atoms with Gasteiger partial charge in [0.05, 0.1) is 5.70 Å². The Morgan fingerprint density at radius 3 is 2.60 bits per heavy atom. The average molecular weight is 140 g/mol. The van der Waals surface area contributed by atoms with Gasteiger partial charge in [-0.2, -0.15) is 0 Å². The zero-order valence-corrected chi connectivity index (χ0v) is 6.32. The van der Waals surface area contributed by atoms with Crippen LogP contribution in [0.2, 0.25) is 0 Å². The van der Waals surface area contributed by atoms with E-state index in [4.69, 9.17) is 0 Å². The summed E-state index contributed by atoms with van der Waals surface area (Å²) < 4.78 is 0. The van der Waals surface area contributed by atoms with E-state index in [1.165, 1.54) is 0 Å². The van der Waals surface area contributed by atoms with E-state index in [9.17, 15) is 4.79 Å². The molecule has 56 valence electrons. The SMILES string of the molecule is C=C1NC(C)(C)CNC1=O. The van der Waals surface area contributed by atoms with Crippen LogP contribution in [0.4, 0.5) is 0 Å². The lowest BCUT2D eigenvalue weighted by Crippen LogP contribution is -2.56. The maximum absolute atomic E-state index is 10.8. The molecule has 0 saturated carbocycles. The molecule has 0 unspecified atom stereocenters. The Hall–Kier alpha value is -0.990. The molecule has 3 nitrogen and oxygen atoms in total. The Morgan fingerprint density at radius 1 is 1.60 bits per heavy atom. The minimum Gasteiger partial charge on any atom is -0.374 e. The molecule has 0 aromatic heterocycles. The van der Waals surface area contributed by atoms with Gasteiger partial charge in [-0.1, -0.05) is 6.58 Å². The first kappa shape index (κ1) is 7.12. The molecule has 1 saturated heterocycles. The number of nitrogens with one attached hydrogen (secondary N) is 2. The van der Waals surface area contributed by atoms with Gasteiger partial charge in [-0.15, -0.1) is 0 Å². The summed E-state index contributed by atoms with van der Waals surface area (Å²) in [5, 5.41) is 5.72. The van der Waals surface area contributed by atoms with Crippen molar-refractivity contribution in [2.75, 3.05) is 6.54 Å². The van der Waals surface area contributed by atoms with E-state index < -0.39 is 0 Å². The smallest absolute Gasteiger partial charge is 0.266 e. The van der Waals surface area contributed by atoms with Crippen LogP contribution in [0.5, 0.6) is 0 Å². The molecule has 0 atom stereocenters. The molecule has 0 bridgehead atoms. The molecular formula is C7H12N2O. The Kier molecular flexibility index (Phi) is 1.43. The van der Waals surface area contributed by atoms with Crippen LogP contribution in [-0.2, 0) is 4.79 Å². The van der Waals surface area contributed by atoms with Crippen LogP contribution in [0.25, 0.3) is 0 Å². The molecule has 1 amide bonds. The summed E-state index contributed by atoms with van der Waals surface area (Å²) in [6.45, 7) is 8.25. The van der Waals surface area contributed by atoms with E-state index in [1.54, 1.807) is 0 Å². The van der Waals surface area contributed by atoms with E-state index in [0.717, 1.165) is 0 Å². The van der Waals surface area contributed by atoms with Gasteiger partial charge in [0.15, 0.2) is 0 Å². The molecule has 3 heteroatoms. The van der Waals surface area contributed by atoms with E-state index in [1.807, 2.05) is 13.8 Å². The summed E-state index contributed by atoms with van der Waals surface area (Å²) in [5.41, 5.74) is 0.404. The molecule has 0 aliphatic carbocycles. The van der Waals surface area contributed by atoms with Crippen LogP contribution in [0.3, 0.4) is 0 Å². The van der Waals surface area contributed by atoms with Crippen LogP contribution in [0.1, 0.15) is 13.8 Å². The number of hydrogen-bond acceptors (Lipinski definition) is 2. The van der Waals surface area contributed by atoms with Gasteiger partial charge in [0.1, 0.15) is 0 Å². The Bertz CT molecular complexity index is 184. The Labute approximate surface area is 60.5 Å². The number of rotatable bonds is 0. The van der Waals surface area contributed by atoms with Crippen molar-refractivity contribution in [1.29, 1.82) is 0 Å². The first-order chi connectivity index (χ1) is 4.51. The van der Waals surface area contributed by atoms with E-state index in [2.05, 4.69) is 17.2 Å². The molecule has 1 heterocycles. The normalized spacial score (nSPS) is 23.4. The van der Waals surface area contributed by atoms with Gasteiger partial charge in [0.2, 0.25) is 0 Å². The molecule has 1 aliphatic rings. The van der Waals surface area contributed by atoms with Gasteiger partial charge >= 0.3 is 0 Å². The molecule has 0 spiro atoms. The fourth-order valence-electron chi connectivity index (χ4n) is 0.917. The van der Waals surface area contributed by atoms with Gasteiger partial charge in [-0.25, -0.2) is 0 Å². The minimum atomic E-state index is -0.0978. The molecule has 2 N–H and O–H groups in total. The first-order valence-electron chi connectivity index (χ1n) is 3.26. The lowest BCUT2D eigenvalue weighted by atomic mass is 10.0. The van der Waals surface area contributed by atoms with Crippen LogP contribution >= 0.6 is 0 Å². The Morgan fingerprint density at radius 2 is 2.20 bits per heavy atom. The van der Waals surface area contributed by atoms with Gasteiger partial charge in [0, 0.05) is 12.1 Å². The highest BCUT2D eigenvalue weighted by molar-refractivity contribution is 5.93. The largest absolute Gasteiger partial charge is 0.374 e. The first-order valence-corrected chi connectivity index (χ1v) is 3.26. The third kappa shape index (κ3) is 1.29. The predicted octanol–water partition coefficient (Wildman–Crippen LogP) is -0.00190. The fraction of sp³-hybridized carbons (Fsp3) is 0.571. The van der Waals surface area contributed by atoms with Crippen LogP contribution in [0.15, 0.2) is 12.3 Å². The van der Waals surface area contributed by atoms with E-state index >= 15 is 0 Å². The zero-order chi connectivity index (χ0) is 7.78. The monoisotopic (exact) mass is 140 g/mol. The van der Waals surface area contributed by atoms with E-state index in [0.29, 0.717) is 12.2 Å². The summed E-state index contributed by atoms with van der Waals surface area (Å²) in [6.07, 6.45) is 0. The van der Waals surface area contributed by atoms with Crippen molar-refractivity contribution in [2.45, 2.75) is 19.4 Å². The lowest BCUT2D eigenvalue weighted by molar-refractivity contribution is -0.119. The van der Waals surface area contributed by atoms with Crippen molar-refractivity contribution in [3.05, 3.63) is 12.3 Å². The van der Waals surface area contributed by atoms with Crippen molar-refractivity contribution < 1.29 is 4.79 Å². The van der Waals surface area contributed by atoms with Gasteiger partial charge in [-0.05, 0) is 13.8 Å². The molecule has 0 aromatic carbocycles. The number of carbonyl (C=O) groups is 1. The molecular weight excluding hydrogens is 128 g/mol. The fourth-order valence-corrected chi connectivity index (χ4v) is 0.917. The highest BCUT2D eigenvalue weighted by Crippen LogP contribution is 2.07. The number of carbonyl (C=O) groups excluding carboxylic acids is 1. The highest BCUT2D eigenvalue weighted by Gasteiger charge is 2.26. The summed E-state index contributed by atoms with van der Waals surface area (Å²) in [4.78, 5) is 10.8. The summed E-state index contributed by atoms with van der Waals surface area (Å²) in [6, 6.07) is 0. The number of amides is 1. The second-order valence-corrected chi connectivity index (χ2v) is 3.17. The van der Waals surface area contributed by atoms with Crippen LogP contribution in [0, 0.1) is 0 Å². The highest BCUT2D eigenvalue weighted by atomic mass is 16.2. The lowest BCUT2D eigenvalue weighted by Gasteiger charge is -2.33.